The van der Waals surface area contributed by atoms with Crippen molar-refractivity contribution >= 4 is 17.9 Å². The van der Waals surface area contributed by atoms with Crippen LogP contribution in [-0.4, -0.2) is 37.2 Å². The molecule has 0 aliphatic rings. The molecule has 0 saturated carbocycles. The summed E-state index contributed by atoms with van der Waals surface area (Å²) in [5.41, 5.74) is 0. The number of hydrogen-bond donors (Lipinski definition) is 0. The lowest BCUT2D eigenvalue weighted by atomic mass is 10.0. The Morgan fingerprint density at radius 2 is 0.678 bits per heavy atom. The summed E-state index contributed by atoms with van der Waals surface area (Å²) in [7, 11) is 0. The van der Waals surface area contributed by atoms with E-state index in [1.807, 2.05) is 54.7 Å². The Morgan fingerprint density at radius 3 is 1.08 bits per heavy atom. The van der Waals surface area contributed by atoms with Crippen molar-refractivity contribution in [1.82, 2.24) is 0 Å². The quantitative estimate of drug-likeness (QED) is 0.0265. The molecule has 0 rings (SSSR count). The number of carbonyl (C=O) groups is 3. The molecule has 6 nitrogen and oxygen atoms in total. The topological polar surface area (TPSA) is 78.9 Å². The van der Waals surface area contributed by atoms with Crippen LogP contribution in [0.4, 0.5) is 0 Å². The van der Waals surface area contributed by atoms with Crippen molar-refractivity contribution < 1.29 is 28.6 Å². The van der Waals surface area contributed by atoms with Crippen molar-refractivity contribution in [2.45, 2.75) is 207 Å². The molecule has 0 radical (unpaired) electrons. The lowest BCUT2D eigenvalue weighted by Crippen LogP contribution is -2.30. The Kier molecular flexibility index (Phi) is 44.1. The van der Waals surface area contributed by atoms with E-state index < -0.39 is 6.10 Å². The lowest BCUT2D eigenvalue weighted by Gasteiger charge is -2.18. The minimum atomic E-state index is -0.817. The molecule has 334 valence electrons. The van der Waals surface area contributed by atoms with Crippen LogP contribution in [0.2, 0.25) is 0 Å². The first-order chi connectivity index (χ1) is 29.0. The number of unbranched alkanes of at least 4 members (excludes halogenated alkanes) is 20. The van der Waals surface area contributed by atoms with Crippen LogP contribution in [0.25, 0.3) is 0 Å². The van der Waals surface area contributed by atoms with Crippen molar-refractivity contribution in [2.75, 3.05) is 13.2 Å². The van der Waals surface area contributed by atoms with Gasteiger partial charge < -0.3 is 14.2 Å². The molecule has 0 aliphatic carbocycles. The van der Waals surface area contributed by atoms with Crippen LogP contribution in [-0.2, 0) is 28.6 Å². The fourth-order valence-corrected chi connectivity index (χ4v) is 6.24. The minimum Gasteiger partial charge on any atom is -0.462 e. The summed E-state index contributed by atoms with van der Waals surface area (Å²) in [6, 6.07) is 0. The number of rotatable bonds is 41. The molecule has 0 spiro atoms. The van der Waals surface area contributed by atoms with Gasteiger partial charge in [-0.05, 0) is 51.4 Å². The van der Waals surface area contributed by atoms with Gasteiger partial charge in [-0.3, -0.25) is 14.4 Å². The molecule has 1 atom stereocenters. The van der Waals surface area contributed by atoms with Gasteiger partial charge in [0.05, 0.1) is 0 Å². The number of carbonyl (C=O) groups excluding carboxylic acids is 3. The van der Waals surface area contributed by atoms with Gasteiger partial charge in [0.1, 0.15) is 13.2 Å². The average Bonchev–Trinajstić information content (AvgIpc) is 3.23. The van der Waals surface area contributed by atoms with Crippen molar-refractivity contribution in [1.29, 1.82) is 0 Å². The maximum Gasteiger partial charge on any atom is 0.306 e. The van der Waals surface area contributed by atoms with E-state index >= 15 is 0 Å². The Balaban J connectivity index is 4.51. The third-order valence-electron chi connectivity index (χ3n) is 9.77. The van der Waals surface area contributed by atoms with E-state index in [4.69, 9.17) is 14.2 Å². The predicted octanol–water partition coefficient (Wildman–Crippen LogP) is 15.4. The molecule has 0 aromatic carbocycles. The summed E-state index contributed by atoms with van der Waals surface area (Å²) in [6.45, 7) is 6.27. The van der Waals surface area contributed by atoms with E-state index in [2.05, 4.69) is 63.3 Å². The van der Waals surface area contributed by atoms with Crippen molar-refractivity contribution in [3.8, 4) is 0 Å². The molecule has 0 amide bonds. The summed E-state index contributed by atoms with van der Waals surface area (Å²) < 4.78 is 16.7. The van der Waals surface area contributed by atoms with Crippen LogP contribution in [0.3, 0.4) is 0 Å². The molecular formula is C53H86O6. The third-order valence-corrected chi connectivity index (χ3v) is 9.77. The van der Waals surface area contributed by atoms with Crippen LogP contribution in [0, 0.1) is 0 Å². The monoisotopic (exact) mass is 819 g/mol. The Labute approximate surface area is 362 Å². The highest BCUT2D eigenvalue weighted by Crippen LogP contribution is 2.14. The molecule has 6 heteroatoms. The zero-order valence-electron chi connectivity index (χ0n) is 38.0. The van der Waals surface area contributed by atoms with Crippen molar-refractivity contribution in [2.24, 2.45) is 0 Å². The molecular weight excluding hydrogens is 733 g/mol. The lowest BCUT2D eigenvalue weighted by molar-refractivity contribution is -0.167. The Morgan fingerprint density at radius 1 is 0.356 bits per heavy atom. The fraction of sp³-hybridized carbons (Fsp3) is 0.642. The standard InChI is InChI=1S/C53H86O6/c1-4-7-10-13-16-19-22-25-26-29-31-34-37-40-43-46-52(55)58-49-50(59-53(56)47-44-41-38-35-32-28-24-21-18-15-12-9-6-3)48-57-51(54)45-42-39-36-33-30-27-23-20-17-14-11-8-5-2/h7,9-10,12-13,15-16,18-19,21-22,24,28,32,35,38,50H,4-6,8,11,14,17,20,23,25-27,29-31,33-34,36-37,39-49H2,1-3H3/b10-7+,12-9+,16-13+,18-15+,22-19+,24-21+,32-28+,38-35+. The minimum absolute atomic E-state index is 0.110. The van der Waals surface area contributed by atoms with Crippen LogP contribution >= 0.6 is 0 Å². The highest BCUT2D eigenvalue weighted by molar-refractivity contribution is 5.71. The molecule has 0 bridgehead atoms. The molecule has 0 aromatic rings. The predicted molar refractivity (Wildman–Crippen MR) is 251 cm³/mol. The highest BCUT2D eigenvalue weighted by Gasteiger charge is 2.19. The van der Waals surface area contributed by atoms with Crippen LogP contribution in [0.5, 0.6) is 0 Å². The molecule has 0 saturated heterocycles. The zero-order valence-corrected chi connectivity index (χ0v) is 38.0. The Hall–Kier alpha value is -3.67. The van der Waals surface area contributed by atoms with Gasteiger partial charge >= 0.3 is 17.9 Å². The van der Waals surface area contributed by atoms with Crippen molar-refractivity contribution in [3.05, 3.63) is 97.2 Å². The molecule has 0 fully saturated rings. The maximum absolute atomic E-state index is 12.7. The number of hydrogen-bond acceptors (Lipinski definition) is 6. The maximum atomic E-state index is 12.7. The second-order valence-electron chi connectivity index (χ2n) is 15.4. The number of allylic oxidation sites excluding steroid dienone is 16. The molecule has 0 aromatic heterocycles. The van der Waals surface area contributed by atoms with Crippen LogP contribution in [0.1, 0.15) is 201 Å². The van der Waals surface area contributed by atoms with E-state index in [0.717, 1.165) is 64.2 Å². The van der Waals surface area contributed by atoms with Gasteiger partial charge in [-0.25, -0.2) is 0 Å². The second-order valence-corrected chi connectivity index (χ2v) is 15.4. The fourth-order valence-electron chi connectivity index (χ4n) is 6.24. The van der Waals surface area contributed by atoms with Gasteiger partial charge in [-0.15, -0.1) is 0 Å². The first-order valence-corrected chi connectivity index (χ1v) is 23.8. The smallest absolute Gasteiger partial charge is 0.306 e. The summed E-state index contributed by atoms with van der Waals surface area (Å²) in [6.07, 6.45) is 61.1. The van der Waals surface area contributed by atoms with Gasteiger partial charge in [-0.1, -0.05) is 227 Å². The molecule has 0 heterocycles. The van der Waals surface area contributed by atoms with Crippen LogP contribution in [0.15, 0.2) is 97.2 Å². The van der Waals surface area contributed by atoms with Gasteiger partial charge in [0.25, 0.3) is 0 Å². The summed E-state index contributed by atoms with van der Waals surface area (Å²) in [5.74, 6) is -1.00. The average molecular weight is 819 g/mol. The van der Waals surface area contributed by atoms with E-state index in [-0.39, 0.29) is 37.5 Å². The van der Waals surface area contributed by atoms with Crippen molar-refractivity contribution in [3.63, 3.8) is 0 Å². The third kappa shape index (κ3) is 45.3. The summed E-state index contributed by atoms with van der Waals surface area (Å²) >= 11 is 0. The van der Waals surface area contributed by atoms with E-state index in [1.54, 1.807) is 0 Å². The van der Waals surface area contributed by atoms with Gasteiger partial charge in [-0.2, -0.15) is 0 Å². The first-order valence-electron chi connectivity index (χ1n) is 23.8. The van der Waals surface area contributed by atoms with Gasteiger partial charge in [0, 0.05) is 19.3 Å². The summed E-state index contributed by atoms with van der Waals surface area (Å²) in [4.78, 5) is 37.8. The van der Waals surface area contributed by atoms with E-state index in [0.29, 0.717) is 19.3 Å². The van der Waals surface area contributed by atoms with E-state index in [1.165, 1.54) is 89.9 Å². The zero-order chi connectivity index (χ0) is 43.0. The summed E-state index contributed by atoms with van der Waals surface area (Å²) in [5, 5.41) is 0. The highest BCUT2D eigenvalue weighted by atomic mass is 16.6. The SMILES string of the molecule is CC/C=C/C=C/C=C/C=C/C=C/CCCC(=O)OC(COC(=O)CCCCCCCCC/C=C/C=C/C=C/CC)COC(=O)CCCCCCCCCCCCCCC. The largest absolute Gasteiger partial charge is 0.462 e. The Bertz CT molecular complexity index is 1220. The first kappa shape index (κ1) is 55.3. The molecule has 0 aliphatic heterocycles. The molecule has 59 heavy (non-hydrogen) atoms. The van der Waals surface area contributed by atoms with E-state index in [9.17, 15) is 14.4 Å². The second kappa shape index (κ2) is 47.0. The number of ether oxygens (including phenoxy) is 3. The normalized spacial score (nSPS) is 12.9. The van der Waals surface area contributed by atoms with Gasteiger partial charge in [0.2, 0.25) is 0 Å². The molecule has 0 N–H and O–H groups in total. The van der Waals surface area contributed by atoms with Crippen LogP contribution < -0.4 is 0 Å². The van der Waals surface area contributed by atoms with Gasteiger partial charge in [0.15, 0.2) is 6.10 Å². The number of esters is 3. The molecule has 1 unspecified atom stereocenters.